The molecular formula is C20H28Cl3N3O2. The van der Waals surface area contributed by atoms with E-state index in [1.807, 2.05) is 18.2 Å². The summed E-state index contributed by atoms with van der Waals surface area (Å²) in [5.74, 6) is 0.146. The Bertz CT molecular complexity index is 785. The number of hydrogen-bond donors (Lipinski definition) is 2. The van der Waals surface area contributed by atoms with Gasteiger partial charge in [-0.05, 0) is 38.1 Å². The van der Waals surface area contributed by atoms with E-state index in [1.54, 1.807) is 6.07 Å². The fourth-order valence-electron chi connectivity index (χ4n) is 2.52. The number of rotatable bonds is 7. The van der Waals surface area contributed by atoms with E-state index in [1.165, 1.54) is 18.7 Å². The van der Waals surface area contributed by atoms with Gasteiger partial charge in [0.1, 0.15) is 5.75 Å². The highest BCUT2D eigenvalue weighted by Crippen LogP contribution is 2.28. The summed E-state index contributed by atoms with van der Waals surface area (Å²) in [6.07, 6.45) is 0. The molecule has 0 saturated carbocycles. The molecule has 2 rings (SSSR count). The summed E-state index contributed by atoms with van der Waals surface area (Å²) in [7, 11) is 3.58. The number of carbonyl (C=O) groups excluding carboxylic acids is 1. The fourth-order valence-corrected chi connectivity index (χ4v) is 2.69. The highest BCUT2D eigenvalue weighted by Gasteiger charge is 2.16. The second-order valence-electron chi connectivity index (χ2n) is 6.53. The first-order valence-electron chi connectivity index (χ1n) is 8.51. The smallest absolute Gasteiger partial charge is 0.255 e. The lowest BCUT2D eigenvalue weighted by Crippen LogP contribution is -2.28. The van der Waals surface area contributed by atoms with Gasteiger partial charge in [-0.3, -0.25) is 9.69 Å². The van der Waals surface area contributed by atoms with Crippen LogP contribution in [0.3, 0.4) is 0 Å². The predicted molar refractivity (Wildman–Crippen MR) is 121 cm³/mol. The third-order valence-corrected chi connectivity index (χ3v) is 4.75. The van der Waals surface area contributed by atoms with Crippen molar-refractivity contribution in [3.8, 4) is 5.75 Å². The molecular weight excluding hydrogens is 421 g/mol. The summed E-state index contributed by atoms with van der Waals surface area (Å²) in [6.45, 7) is 5.55. The predicted octanol–water partition coefficient (Wildman–Crippen LogP) is 4.54. The van der Waals surface area contributed by atoms with Gasteiger partial charge in [0.15, 0.2) is 0 Å². The standard InChI is InChI=1S/C20H26ClN3O2.2ClH/c1-13(2)24(3)12-15-8-6-5-7-14(15)11-23-20(25)16-9-17(21)18(22)10-19(16)26-4;;/h5-10,13H,11-12,22H2,1-4H3,(H,23,25);2*1H. The second-order valence-corrected chi connectivity index (χ2v) is 6.94. The first-order valence-corrected chi connectivity index (χ1v) is 8.89. The lowest BCUT2D eigenvalue weighted by atomic mass is 10.1. The summed E-state index contributed by atoms with van der Waals surface area (Å²) in [5.41, 5.74) is 8.78. The van der Waals surface area contributed by atoms with Crippen LogP contribution in [0.25, 0.3) is 0 Å². The first kappa shape index (κ1) is 26.3. The van der Waals surface area contributed by atoms with Crippen molar-refractivity contribution in [2.45, 2.75) is 33.0 Å². The van der Waals surface area contributed by atoms with Crippen molar-refractivity contribution in [3.05, 3.63) is 58.1 Å². The number of nitrogens with one attached hydrogen (secondary N) is 1. The Morgan fingerprint density at radius 1 is 1.21 bits per heavy atom. The van der Waals surface area contributed by atoms with Crippen molar-refractivity contribution in [3.63, 3.8) is 0 Å². The minimum absolute atomic E-state index is 0. The van der Waals surface area contributed by atoms with Crippen molar-refractivity contribution in [2.24, 2.45) is 0 Å². The lowest BCUT2D eigenvalue weighted by molar-refractivity contribution is 0.0947. The normalized spacial score (nSPS) is 10.2. The molecule has 0 radical (unpaired) electrons. The molecule has 0 aliphatic rings. The Hall–Kier alpha value is -1.66. The Kier molecular flexibility index (Phi) is 11.3. The molecule has 0 unspecified atom stereocenters. The third kappa shape index (κ3) is 6.74. The van der Waals surface area contributed by atoms with Crippen molar-refractivity contribution < 1.29 is 9.53 Å². The zero-order valence-corrected chi connectivity index (χ0v) is 18.9. The number of amides is 1. The van der Waals surface area contributed by atoms with Gasteiger partial charge in [0.05, 0.1) is 23.4 Å². The molecule has 1 amide bonds. The van der Waals surface area contributed by atoms with E-state index < -0.39 is 0 Å². The molecule has 3 N–H and O–H groups in total. The van der Waals surface area contributed by atoms with E-state index in [2.05, 4.69) is 37.2 Å². The van der Waals surface area contributed by atoms with Crippen molar-refractivity contribution in [1.82, 2.24) is 10.2 Å². The molecule has 5 nitrogen and oxygen atoms in total. The number of benzene rings is 2. The van der Waals surface area contributed by atoms with Crippen LogP contribution in [-0.4, -0.2) is 31.0 Å². The summed E-state index contributed by atoms with van der Waals surface area (Å²) in [5, 5.41) is 3.27. The number of carbonyl (C=O) groups is 1. The zero-order valence-electron chi connectivity index (χ0n) is 16.5. The van der Waals surface area contributed by atoms with E-state index in [-0.39, 0.29) is 30.7 Å². The average molecular weight is 449 g/mol. The number of hydrogen-bond acceptors (Lipinski definition) is 4. The Balaban J connectivity index is 0.00000364. The number of ether oxygens (including phenoxy) is 1. The average Bonchev–Trinajstić information content (AvgIpc) is 2.62. The van der Waals surface area contributed by atoms with Gasteiger partial charge in [-0.2, -0.15) is 0 Å². The molecule has 2 aromatic rings. The molecule has 0 heterocycles. The lowest BCUT2D eigenvalue weighted by Gasteiger charge is -2.22. The molecule has 0 aliphatic carbocycles. The van der Waals surface area contributed by atoms with E-state index in [0.29, 0.717) is 34.6 Å². The van der Waals surface area contributed by atoms with E-state index in [4.69, 9.17) is 22.1 Å². The molecule has 0 atom stereocenters. The number of nitrogens with zero attached hydrogens (tertiary/aromatic N) is 1. The van der Waals surface area contributed by atoms with E-state index in [0.717, 1.165) is 12.1 Å². The molecule has 156 valence electrons. The molecule has 0 saturated heterocycles. The Morgan fingerprint density at radius 3 is 2.39 bits per heavy atom. The number of nitrogen functional groups attached to an aromatic ring is 1. The second kappa shape index (κ2) is 12.0. The minimum atomic E-state index is -0.254. The van der Waals surface area contributed by atoms with Crippen LogP contribution in [0.5, 0.6) is 5.75 Å². The summed E-state index contributed by atoms with van der Waals surface area (Å²) < 4.78 is 5.25. The maximum atomic E-state index is 12.6. The molecule has 28 heavy (non-hydrogen) atoms. The van der Waals surface area contributed by atoms with Crippen LogP contribution < -0.4 is 15.8 Å². The largest absolute Gasteiger partial charge is 0.496 e. The molecule has 0 aliphatic heterocycles. The van der Waals surface area contributed by atoms with E-state index in [9.17, 15) is 4.79 Å². The molecule has 2 aromatic carbocycles. The maximum Gasteiger partial charge on any atom is 0.255 e. The van der Waals surface area contributed by atoms with Crippen LogP contribution in [0.1, 0.15) is 35.3 Å². The van der Waals surface area contributed by atoms with Crippen LogP contribution in [0, 0.1) is 0 Å². The number of anilines is 1. The zero-order chi connectivity index (χ0) is 19.3. The highest BCUT2D eigenvalue weighted by atomic mass is 35.5. The molecule has 0 spiro atoms. The van der Waals surface area contributed by atoms with Crippen molar-refractivity contribution in [1.29, 1.82) is 0 Å². The molecule has 8 heteroatoms. The maximum absolute atomic E-state index is 12.6. The Morgan fingerprint density at radius 2 is 1.82 bits per heavy atom. The van der Waals surface area contributed by atoms with Gasteiger partial charge in [-0.1, -0.05) is 35.9 Å². The van der Waals surface area contributed by atoms with Crippen LogP contribution in [-0.2, 0) is 13.1 Å². The van der Waals surface area contributed by atoms with Crippen LogP contribution in [0.4, 0.5) is 5.69 Å². The van der Waals surface area contributed by atoms with Gasteiger partial charge in [-0.25, -0.2) is 0 Å². The summed E-state index contributed by atoms with van der Waals surface area (Å²) in [4.78, 5) is 14.9. The number of methoxy groups -OCH3 is 1. The van der Waals surface area contributed by atoms with Gasteiger partial charge in [0.2, 0.25) is 0 Å². The third-order valence-electron chi connectivity index (χ3n) is 4.42. The van der Waals surface area contributed by atoms with Gasteiger partial charge in [-0.15, -0.1) is 24.8 Å². The molecule has 0 bridgehead atoms. The van der Waals surface area contributed by atoms with Gasteiger partial charge >= 0.3 is 0 Å². The first-order chi connectivity index (χ1) is 12.3. The molecule has 0 fully saturated rings. The van der Waals surface area contributed by atoms with Crippen molar-refractivity contribution in [2.75, 3.05) is 19.9 Å². The van der Waals surface area contributed by atoms with Crippen LogP contribution in [0.2, 0.25) is 5.02 Å². The SMILES string of the molecule is COc1cc(N)c(Cl)cc1C(=O)NCc1ccccc1CN(C)C(C)C.Cl.Cl. The fraction of sp³-hybridized carbons (Fsp3) is 0.350. The summed E-state index contributed by atoms with van der Waals surface area (Å²) in [6, 6.07) is 11.6. The van der Waals surface area contributed by atoms with Crippen LogP contribution in [0.15, 0.2) is 36.4 Å². The highest BCUT2D eigenvalue weighted by molar-refractivity contribution is 6.33. The topological polar surface area (TPSA) is 67.6 Å². The minimum Gasteiger partial charge on any atom is -0.496 e. The quantitative estimate of drug-likeness (QED) is 0.610. The number of halogens is 3. The summed E-state index contributed by atoms with van der Waals surface area (Å²) >= 11 is 6.05. The molecule has 0 aromatic heterocycles. The van der Waals surface area contributed by atoms with Gasteiger partial charge in [0, 0.05) is 25.2 Å². The van der Waals surface area contributed by atoms with Crippen molar-refractivity contribution >= 4 is 48.0 Å². The van der Waals surface area contributed by atoms with E-state index >= 15 is 0 Å². The van der Waals surface area contributed by atoms with Gasteiger partial charge in [0.25, 0.3) is 5.91 Å². The van der Waals surface area contributed by atoms with Crippen LogP contribution >= 0.6 is 36.4 Å². The Labute approximate surface area is 184 Å². The number of nitrogens with two attached hydrogens (primary N) is 1. The monoisotopic (exact) mass is 447 g/mol. The van der Waals surface area contributed by atoms with Gasteiger partial charge < -0.3 is 15.8 Å².